The minimum absolute atomic E-state index is 0.162. The first-order chi connectivity index (χ1) is 12.3. The molecule has 2 aliphatic rings. The van der Waals surface area contributed by atoms with Gasteiger partial charge in [-0.25, -0.2) is 4.39 Å². The number of likely N-dealkylation sites (tertiary alicyclic amines) is 1. The van der Waals surface area contributed by atoms with Gasteiger partial charge in [-0.15, -0.1) is 0 Å². The van der Waals surface area contributed by atoms with Crippen LogP contribution in [0.25, 0.3) is 0 Å². The molecule has 0 amide bonds. The molecular formula is C20H24FN3O. The number of rotatable bonds is 4. The number of nitrogens with zero attached hydrogens (tertiary/aromatic N) is 3. The highest BCUT2D eigenvalue weighted by Gasteiger charge is 2.36. The Kier molecular flexibility index (Phi) is 5.06. The van der Waals surface area contributed by atoms with E-state index in [9.17, 15) is 4.39 Å². The Labute approximate surface area is 148 Å². The average molecular weight is 341 g/mol. The lowest BCUT2D eigenvalue weighted by molar-refractivity contribution is 0.0510. The van der Waals surface area contributed by atoms with E-state index in [2.05, 4.69) is 20.9 Å². The first-order valence-corrected chi connectivity index (χ1v) is 8.96. The molecule has 0 spiro atoms. The largest absolute Gasteiger partial charge is 0.375 e. The van der Waals surface area contributed by atoms with Crippen molar-refractivity contribution in [3.8, 4) is 0 Å². The summed E-state index contributed by atoms with van der Waals surface area (Å²) in [5.41, 5.74) is 2.28. The number of pyridine rings is 1. The van der Waals surface area contributed by atoms with Crippen molar-refractivity contribution in [1.29, 1.82) is 0 Å². The molecule has 0 saturated carbocycles. The molecule has 0 aliphatic carbocycles. The second-order valence-electron chi connectivity index (χ2n) is 7.09. The van der Waals surface area contributed by atoms with E-state index in [-0.39, 0.29) is 11.9 Å². The Morgan fingerprint density at radius 1 is 1.04 bits per heavy atom. The number of aromatic nitrogens is 1. The lowest BCUT2D eigenvalue weighted by Gasteiger charge is -2.23. The first-order valence-electron chi connectivity index (χ1n) is 8.96. The summed E-state index contributed by atoms with van der Waals surface area (Å²) in [7, 11) is 0. The highest BCUT2D eigenvalue weighted by molar-refractivity contribution is 5.16. The predicted molar refractivity (Wildman–Crippen MR) is 94.4 cm³/mol. The number of ether oxygens (including phenoxy) is 1. The van der Waals surface area contributed by atoms with Crippen LogP contribution in [0, 0.1) is 11.7 Å². The van der Waals surface area contributed by atoms with Crippen LogP contribution in [0.4, 0.5) is 4.39 Å². The van der Waals surface area contributed by atoms with Gasteiger partial charge in [-0.05, 0) is 29.3 Å². The highest BCUT2D eigenvalue weighted by atomic mass is 19.1. The van der Waals surface area contributed by atoms with E-state index in [4.69, 9.17) is 4.74 Å². The first kappa shape index (κ1) is 16.6. The summed E-state index contributed by atoms with van der Waals surface area (Å²) >= 11 is 0. The van der Waals surface area contributed by atoms with Crippen molar-refractivity contribution in [3.05, 3.63) is 65.7 Å². The molecule has 1 aromatic carbocycles. The van der Waals surface area contributed by atoms with Crippen LogP contribution in [0.2, 0.25) is 0 Å². The van der Waals surface area contributed by atoms with Crippen LogP contribution in [0.5, 0.6) is 0 Å². The maximum Gasteiger partial charge on any atom is 0.123 e. The Balaban J connectivity index is 1.37. The summed E-state index contributed by atoms with van der Waals surface area (Å²) in [6.45, 7) is 6.42. The smallest absolute Gasteiger partial charge is 0.123 e. The molecule has 4 rings (SSSR count). The molecule has 2 aliphatic heterocycles. The molecule has 0 bridgehead atoms. The fraction of sp³-hybridized carbons (Fsp3) is 0.450. The van der Waals surface area contributed by atoms with Crippen LogP contribution < -0.4 is 0 Å². The number of benzene rings is 1. The Bertz CT molecular complexity index is 696. The minimum atomic E-state index is -0.162. The van der Waals surface area contributed by atoms with Gasteiger partial charge in [0, 0.05) is 57.6 Å². The molecule has 3 heterocycles. The third-order valence-electron chi connectivity index (χ3n) is 5.11. The minimum Gasteiger partial charge on any atom is -0.375 e. The third kappa shape index (κ3) is 4.24. The second-order valence-corrected chi connectivity index (χ2v) is 7.09. The van der Waals surface area contributed by atoms with Gasteiger partial charge >= 0.3 is 0 Å². The SMILES string of the molecule is Fc1cccc(CN2C[C@@H]3CN(Cc4cccnc4)CCO[C@@H]3C2)c1. The molecule has 2 aromatic rings. The zero-order chi connectivity index (χ0) is 17.1. The van der Waals surface area contributed by atoms with Crippen molar-refractivity contribution in [2.45, 2.75) is 19.2 Å². The monoisotopic (exact) mass is 341 g/mol. The maximum atomic E-state index is 13.4. The molecule has 0 unspecified atom stereocenters. The zero-order valence-electron chi connectivity index (χ0n) is 14.4. The van der Waals surface area contributed by atoms with E-state index in [0.717, 1.165) is 51.4 Å². The molecule has 2 saturated heterocycles. The molecule has 2 atom stereocenters. The van der Waals surface area contributed by atoms with Gasteiger partial charge in [0.15, 0.2) is 0 Å². The Hall–Kier alpha value is -1.82. The summed E-state index contributed by atoms with van der Waals surface area (Å²) in [6, 6.07) is 11.0. The van der Waals surface area contributed by atoms with Crippen molar-refractivity contribution >= 4 is 0 Å². The lowest BCUT2D eigenvalue weighted by Crippen LogP contribution is -2.32. The predicted octanol–water partition coefficient (Wildman–Crippen LogP) is 2.55. The molecular weight excluding hydrogens is 317 g/mol. The standard InChI is InChI=1S/C20H24FN3O/c21-19-5-1-3-16(9-19)11-24-14-18-13-23(7-8-25-20(18)15-24)12-17-4-2-6-22-10-17/h1-6,9-10,18,20H,7-8,11-15H2/t18-,20+/m0/s1. The molecule has 2 fully saturated rings. The molecule has 132 valence electrons. The maximum absolute atomic E-state index is 13.4. The molecule has 0 radical (unpaired) electrons. The van der Waals surface area contributed by atoms with Crippen molar-refractivity contribution in [3.63, 3.8) is 0 Å². The van der Waals surface area contributed by atoms with E-state index in [1.165, 1.54) is 11.6 Å². The van der Waals surface area contributed by atoms with Crippen molar-refractivity contribution in [1.82, 2.24) is 14.8 Å². The van der Waals surface area contributed by atoms with Gasteiger partial charge in [0.1, 0.15) is 5.82 Å². The fourth-order valence-corrected chi connectivity index (χ4v) is 3.96. The van der Waals surface area contributed by atoms with E-state index < -0.39 is 0 Å². The highest BCUT2D eigenvalue weighted by Crippen LogP contribution is 2.25. The van der Waals surface area contributed by atoms with Gasteiger partial charge in [0.25, 0.3) is 0 Å². The molecule has 0 N–H and O–H groups in total. The normalized spacial score (nSPS) is 24.8. The summed E-state index contributed by atoms with van der Waals surface area (Å²) in [6.07, 6.45) is 4.04. The topological polar surface area (TPSA) is 28.6 Å². The quantitative estimate of drug-likeness (QED) is 0.855. The van der Waals surface area contributed by atoms with Gasteiger partial charge in [0.2, 0.25) is 0 Å². The van der Waals surface area contributed by atoms with Crippen LogP contribution in [0.3, 0.4) is 0 Å². The number of halogens is 1. The van der Waals surface area contributed by atoms with Crippen molar-refractivity contribution < 1.29 is 9.13 Å². The molecule has 1 aromatic heterocycles. The van der Waals surface area contributed by atoms with E-state index in [0.29, 0.717) is 5.92 Å². The molecule has 5 heteroatoms. The molecule has 25 heavy (non-hydrogen) atoms. The number of hydrogen-bond acceptors (Lipinski definition) is 4. The summed E-state index contributed by atoms with van der Waals surface area (Å²) in [5, 5.41) is 0. The van der Waals surface area contributed by atoms with Crippen LogP contribution in [-0.2, 0) is 17.8 Å². The zero-order valence-corrected chi connectivity index (χ0v) is 14.4. The van der Waals surface area contributed by atoms with Crippen LogP contribution >= 0.6 is 0 Å². The Morgan fingerprint density at radius 2 is 1.88 bits per heavy atom. The molecule has 4 nitrogen and oxygen atoms in total. The summed E-state index contributed by atoms with van der Waals surface area (Å²) < 4.78 is 19.5. The van der Waals surface area contributed by atoms with Crippen molar-refractivity contribution in [2.24, 2.45) is 5.92 Å². The van der Waals surface area contributed by atoms with Gasteiger partial charge in [0.05, 0.1) is 12.7 Å². The number of hydrogen-bond donors (Lipinski definition) is 0. The fourth-order valence-electron chi connectivity index (χ4n) is 3.96. The van der Waals surface area contributed by atoms with Gasteiger partial charge in [-0.3, -0.25) is 14.8 Å². The second kappa shape index (κ2) is 7.60. The van der Waals surface area contributed by atoms with Crippen molar-refractivity contribution in [2.75, 3.05) is 32.8 Å². The van der Waals surface area contributed by atoms with E-state index in [1.807, 2.05) is 24.5 Å². The average Bonchev–Trinajstić information content (AvgIpc) is 2.87. The van der Waals surface area contributed by atoms with Gasteiger partial charge in [-0.2, -0.15) is 0 Å². The Morgan fingerprint density at radius 3 is 2.72 bits per heavy atom. The number of fused-ring (bicyclic) bond motifs is 1. The van der Waals surface area contributed by atoms with E-state index >= 15 is 0 Å². The summed E-state index contributed by atoms with van der Waals surface area (Å²) in [5.74, 6) is 0.345. The van der Waals surface area contributed by atoms with Crippen LogP contribution in [0.1, 0.15) is 11.1 Å². The van der Waals surface area contributed by atoms with Gasteiger partial charge in [-0.1, -0.05) is 18.2 Å². The van der Waals surface area contributed by atoms with E-state index in [1.54, 1.807) is 12.1 Å². The van der Waals surface area contributed by atoms with Crippen LogP contribution in [0.15, 0.2) is 48.8 Å². The summed E-state index contributed by atoms with van der Waals surface area (Å²) in [4.78, 5) is 9.06. The lowest BCUT2D eigenvalue weighted by atomic mass is 10.1. The third-order valence-corrected chi connectivity index (χ3v) is 5.11. The van der Waals surface area contributed by atoms with Gasteiger partial charge < -0.3 is 4.74 Å². The van der Waals surface area contributed by atoms with Crippen LogP contribution in [-0.4, -0.2) is 53.7 Å².